The van der Waals surface area contributed by atoms with Gasteiger partial charge in [-0.05, 0) is 18.8 Å². The molecule has 1 unspecified atom stereocenters. The molecule has 0 spiro atoms. The molecule has 116 valence electrons. The molecule has 6 nitrogen and oxygen atoms in total. The van der Waals surface area contributed by atoms with Gasteiger partial charge in [-0.1, -0.05) is 13.8 Å². The Morgan fingerprint density at radius 1 is 1.40 bits per heavy atom. The van der Waals surface area contributed by atoms with Crippen LogP contribution in [-0.2, 0) is 19.4 Å². The van der Waals surface area contributed by atoms with E-state index in [1.807, 2.05) is 13.8 Å². The molecule has 8 heteroatoms. The molecule has 0 bridgehead atoms. The molecule has 1 saturated heterocycles. The van der Waals surface area contributed by atoms with Crippen molar-refractivity contribution < 1.29 is 23.1 Å². The predicted molar refractivity (Wildman–Crippen MR) is 78.5 cm³/mol. The van der Waals surface area contributed by atoms with Crippen LogP contribution in [0.25, 0.3) is 0 Å². The highest BCUT2D eigenvalue weighted by atomic mass is 32.2. The number of hydrogen-bond donors (Lipinski definition) is 2. The molecule has 0 radical (unpaired) electrons. The van der Waals surface area contributed by atoms with Crippen LogP contribution in [0.5, 0.6) is 0 Å². The fourth-order valence-corrected chi connectivity index (χ4v) is 5.47. The van der Waals surface area contributed by atoms with Gasteiger partial charge in [0.05, 0.1) is 17.3 Å². The average molecular weight is 323 g/mol. The van der Waals surface area contributed by atoms with Crippen molar-refractivity contribution >= 4 is 33.5 Å². The van der Waals surface area contributed by atoms with Crippen molar-refractivity contribution in [2.75, 3.05) is 17.3 Å². The minimum absolute atomic E-state index is 0.0564. The van der Waals surface area contributed by atoms with E-state index in [-0.39, 0.29) is 34.3 Å². The lowest BCUT2D eigenvalue weighted by Gasteiger charge is -2.16. The molecule has 20 heavy (non-hydrogen) atoms. The molecule has 0 aromatic carbocycles. The fourth-order valence-electron chi connectivity index (χ4n) is 2.01. The minimum atomic E-state index is -2.94. The first-order chi connectivity index (χ1) is 9.19. The van der Waals surface area contributed by atoms with Gasteiger partial charge in [-0.25, -0.2) is 13.2 Å². The molecule has 1 heterocycles. The number of thioether (sulfide) groups is 1. The third-order valence-corrected chi connectivity index (χ3v) is 6.26. The Labute approximate surface area is 123 Å². The zero-order valence-corrected chi connectivity index (χ0v) is 13.3. The van der Waals surface area contributed by atoms with Crippen molar-refractivity contribution in [1.82, 2.24) is 5.32 Å². The average Bonchev–Trinajstić information content (AvgIpc) is 2.65. The molecule has 2 N–H and O–H groups in total. The van der Waals surface area contributed by atoms with Crippen molar-refractivity contribution in [3.63, 3.8) is 0 Å². The Hall–Kier alpha value is -0.760. The maximum atomic E-state index is 11.7. The number of rotatable bonds is 7. The molecule has 1 aliphatic heterocycles. The summed E-state index contributed by atoms with van der Waals surface area (Å²) in [6.45, 7) is 3.78. The van der Waals surface area contributed by atoms with Crippen LogP contribution >= 0.6 is 11.8 Å². The van der Waals surface area contributed by atoms with Crippen LogP contribution in [0.4, 0.5) is 0 Å². The molecule has 0 aromatic heterocycles. The van der Waals surface area contributed by atoms with Crippen molar-refractivity contribution in [2.24, 2.45) is 5.92 Å². The summed E-state index contributed by atoms with van der Waals surface area (Å²) >= 11 is 1.28. The fraction of sp³-hybridized carbons (Fsp3) is 0.833. The highest BCUT2D eigenvalue weighted by molar-refractivity contribution is 8.02. The maximum Gasteiger partial charge on any atom is 0.326 e. The van der Waals surface area contributed by atoms with E-state index in [9.17, 15) is 18.0 Å². The third-order valence-electron chi connectivity index (χ3n) is 2.98. The first-order valence-corrected chi connectivity index (χ1v) is 9.41. The summed E-state index contributed by atoms with van der Waals surface area (Å²) in [5, 5.41) is 11.4. The molecule has 1 amide bonds. The Kier molecular flexibility index (Phi) is 6.32. The van der Waals surface area contributed by atoms with Gasteiger partial charge >= 0.3 is 5.97 Å². The molecular weight excluding hydrogens is 302 g/mol. The summed E-state index contributed by atoms with van der Waals surface area (Å²) in [5.74, 6) is -0.837. The Bertz CT molecular complexity index is 460. The van der Waals surface area contributed by atoms with Crippen LogP contribution < -0.4 is 5.32 Å². The molecule has 0 aromatic rings. The van der Waals surface area contributed by atoms with Crippen LogP contribution in [0, 0.1) is 5.92 Å². The minimum Gasteiger partial charge on any atom is -0.480 e. The SMILES string of the molecule is CC(C)C[C@@H](NC(=O)CSC1CCS(=O)(=O)C1)C(=O)O. The van der Waals surface area contributed by atoms with Crippen LogP contribution in [0.2, 0.25) is 0 Å². The first-order valence-electron chi connectivity index (χ1n) is 6.54. The number of carbonyl (C=O) groups is 2. The zero-order chi connectivity index (χ0) is 15.3. The second-order valence-electron chi connectivity index (χ2n) is 5.42. The third kappa shape index (κ3) is 6.13. The number of carbonyl (C=O) groups excluding carboxylic acids is 1. The quantitative estimate of drug-likeness (QED) is 0.708. The topological polar surface area (TPSA) is 101 Å². The van der Waals surface area contributed by atoms with Gasteiger partial charge in [0.15, 0.2) is 9.84 Å². The first kappa shape index (κ1) is 17.3. The zero-order valence-electron chi connectivity index (χ0n) is 11.7. The summed E-state index contributed by atoms with van der Waals surface area (Å²) in [5.41, 5.74) is 0. The normalized spacial score (nSPS) is 22.6. The largest absolute Gasteiger partial charge is 0.480 e. The number of amides is 1. The summed E-state index contributed by atoms with van der Waals surface area (Å²) in [4.78, 5) is 22.7. The second-order valence-corrected chi connectivity index (χ2v) is 8.94. The summed E-state index contributed by atoms with van der Waals surface area (Å²) in [6.07, 6.45) is 0.943. The van der Waals surface area contributed by atoms with Gasteiger partial charge in [0.2, 0.25) is 5.91 Å². The van der Waals surface area contributed by atoms with E-state index < -0.39 is 21.8 Å². The standard InChI is InChI=1S/C12H21NO5S2/c1-8(2)5-10(12(15)16)13-11(14)6-19-9-3-4-20(17,18)7-9/h8-10H,3-7H2,1-2H3,(H,13,14)(H,15,16)/t9?,10-/m1/s1. The number of sulfone groups is 1. The van der Waals surface area contributed by atoms with Gasteiger partial charge in [-0.2, -0.15) is 0 Å². The summed E-state index contributed by atoms with van der Waals surface area (Å²) in [7, 11) is -2.94. The van der Waals surface area contributed by atoms with E-state index in [1.165, 1.54) is 11.8 Å². The molecule has 1 rings (SSSR count). The van der Waals surface area contributed by atoms with Crippen LogP contribution in [0.1, 0.15) is 26.7 Å². The molecule has 1 aliphatic rings. The molecule has 2 atom stereocenters. The van der Waals surface area contributed by atoms with Gasteiger partial charge in [-0.3, -0.25) is 4.79 Å². The van der Waals surface area contributed by atoms with E-state index in [0.717, 1.165) is 0 Å². The lowest BCUT2D eigenvalue weighted by Crippen LogP contribution is -2.42. The van der Waals surface area contributed by atoms with Crippen molar-refractivity contribution in [1.29, 1.82) is 0 Å². The lowest BCUT2D eigenvalue weighted by molar-refractivity contribution is -0.141. The van der Waals surface area contributed by atoms with Gasteiger partial charge in [0.1, 0.15) is 6.04 Å². The van der Waals surface area contributed by atoms with Gasteiger partial charge in [0, 0.05) is 5.25 Å². The second kappa shape index (κ2) is 7.31. The molecule has 0 aliphatic carbocycles. The highest BCUT2D eigenvalue weighted by Crippen LogP contribution is 2.24. The molecule has 1 fully saturated rings. The van der Waals surface area contributed by atoms with Crippen molar-refractivity contribution in [3.05, 3.63) is 0 Å². The van der Waals surface area contributed by atoms with Crippen molar-refractivity contribution in [3.8, 4) is 0 Å². The van der Waals surface area contributed by atoms with E-state index in [1.54, 1.807) is 0 Å². The Balaban J connectivity index is 2.37. The highest BCUT2D eigenvalue weighted by Gasteiger charge is 2.29. The van der Waals surface area contributed by atoms with Crippen LogP contribution in [-0.4, -0.2) is 54.0 Å². The van der Waals surface area contributed by atoms with Crippen LogP contribution in [0.3, 0.4) is 0 Å². The van der Waals surface area contributed by atoms with E-state index in [4.69, 9.17) is 5.11 Å². The van der Waals surface area contributed by atoms with E-state index >= 15 is 0 Å². The van der Waals surface area contributed by atoms with Gasteiger partial charge in [-0.15, -0.1) is 11.8 Å². The van der Waals surface area contributed by atoms with E-state index in [0.29, 0.717) is 12.8 Å². The molecular formula is C12H21NO5S2. The van der Waals surface area contributed by atoms with Gasteiger partial charge < -0.3 is 10.4 Å². The monoisotopic (exact) mass is 323 g/mol. The number of carboxylic acid groups (broad SMARTS) is 1. The van der Waals surface area contributed by atoms with Gasteiger partial charge in [0.25, 0.3) is 0 Å². The van der Waals surface area contributed by atoms with Crippen molar-refractivity contribution in [2.45, 2.75) is 38.0 Å². The Morgan fingerprint density at radius 2 is 2.05 bits per heavy atom. The molecule has 0 saturated carbocycles. The number of hydrogen-bond acceptors (Lipinski definition) is 5. The maximum absolute atomic E-state index is 11.7. The smallest absolute Gasteiger partial charge is 0.326 e. The Morgan fingerprint density at radius 3 is 2.50 bits per heavy atom. The van der Waals surface area contributed by atoms with Crippen LogP contribution in [0.15, 0.2) is 0 Å². The number of aliphatic carboxylic acids is 1. The predicted octanol–water partition coefficient (Wildman–Crippen LogP) is 0.522. The number of carboxylic acids is 1. The van der Waals surface area contributed by atoms with E-state index in [2.05, 4.69) is 5.32 Å². The lowest BCUT2D eigenvalue weighted by atomic mass is 10.0. The summed E-state index contributed by atoms with van der Waals surface area (Å²) < 4.78 is 22.6. The number of nitrogens with one attached hydrogen (secondary N) is 1. The summed E-state index contributed by atoms with van der Waals surface area (Å²) in [6, 6.07) is -0.879.